The van der Waals surface area contributed by atoms with Gasteiger partial charge in [-0.15, -0.1) is 0 Å². The first-order chi connectivity index (χ1) is 14.3. The maximum absolute atomic E-state index is 12.9. The summed E-state index contributed by atoms with van der Waals surface area (Å²) in [4.78, 5) is 17.8. The number of methoxy groups -OCH3 is 3. The van der Waals surface area contributed by atoms with Crippen molar-refractivity contribution in [3.05, 3.63) is 23.9 Å². The molecule has 0 bridgehead atoms. The Morgan fingerprint density at radius 3 is 2.57 bits per heavy atom. The van der Waals surface area contributed by atoms with Crippen molar-refractivity contribution < 1.29 is 19.0 Å². The molecular formula is C23H29N3O4. The molecule has 2 heterocycles. The van der Waals surface area contributed by atoms with E-state index < -0.39 is 0 Å². The molecule has 0 spiro atoms. The van der Waals surface area contributed by atoms with E-state index in [2.05, 4.69) is 13.8 Å². The van der Waals surface area contributed by atoms with Gasteiger partial charge in [-0.1, -0.05) is 19.9 Å². The van der Waals surface area contributed by atoms with Crippen LogP contribution in [0.1, 0.15) is 45.3 Å². The average Bonchev–Trinajstić information content (AvgIpc) is 3.04. The maximum Gasteiger partial charge on any atom is 0.161 e. The first-order valence-electron chi connectivity index (χ1n) is 10.2. The van der Waals surface area contributed by atoms with Gasteiger partial charge in [0.2, 0.25) is 0 Å². The van der Waals surface area contributed by atoms with Gasteiger partial charge in [-0.05, 0) is 36.5 Å². The largest absolute Gasteiger partial charge is 0.493 e. The molecule has 1 aliphatic heterocycles. The van der Waals surface area contributed by atoms with Crippen LogP contribution in [-0.2, 0) is 16.1 Å². The Bertz CT molecular complexity index is 1020. The van der Waals surface area contributed by atoms with Crippen LogP contribution in [0.15, 0.2) is 23.2 Å². The average molecular weight is 412 g/mol. The van der Waals surface area contributed by atoms with E-state index in [0.29, 0.717) is 24.5 Å². The van der Waals surface area contributed by atoms with Crippen molar-refractivity contribution >= 4 is 17.3 Å². The van der Waals surface area contributed by atoms with Crippen LogP contribution in [-0.4, -0.2) is 42.6 Å². The zero-order valence-corrected chi connectivity index (χ0v) is 18.5. The van der Waals surface area contributed by atoms with E-state index >= 15 is 0 Å². The van der Waals surface area contributed by atoms with Crippen molar-refractivity contribution in [1.29, 1.82) is 0 Å². The standard InChI is InChI=1S/C23H29N3O4/c1-13-20-16(10-23(2,3)11-17(20)27)26-22(24-13)21(15(25-26)12-28-4)14-7-8-18(29-5)19(9-14)30-6/h7-9,16,20H,10-12H2,1-6H3/t16-,20-/m1/s1. The third-order valence-electron chi connectivity index (χ3n) is 6.10. The van der Waals surface area contributed by atoms with Gasteiger partial charge in [0.1, 0.15) is 5.78 Å². The minimum absolute atomic E-state index is 0.0294. The van der Waals surface area contributed by atoms with Crippen LogP contribution in [0.5, 0.6) is 11.5 Å². The van der Waals surface area contributed by atoms with Crippen LogP contribution in [0.2, 0.25) is 0 Å². The van der Waals surface area contributed by atoms with Gasteiger partial charge in [0.05, 0.1) is 44.0 Å². The summed E-state index contributed by atoms with van der Waals surface area (Å²) >= 11 is 0. The van der Waals surface area contributed by atoms with E-state index in [-0.39, 0.29) is 23.2 Å². The molecule has 1 aromatic carbocycles. The lowest BCUT2D eigenvalue weighted by Crippen LogP contribution is -2.43. The maximum atomic E-state index is 12.9. The molecule has 0 amide bonds. The monoisotopic (exact) mass is 411 g/mol. The van der Waals surface area contributed by atoms with Crippen molar-refractivity contribution in [3.63, 3.8) is 0 Å². The van der Waals surface area contributed by atoms with Crippen LogP contribution >= 0.6 is 0 Å². The van der Waals surface area contributed by atoms with Gasteiger partial charge in [0.15, 0.2) is 17.3 Å². The number of carbonyl (C=O) groups excluding carboxylic acids is 1. The number of nitrogens with zero attached hydrogens (tertiary/aromatic N) is 3. The highest BCUT2D eigenvalue weighted by Gasteiger charge is 2.46. The molecule has 7 heteroatoms. The molecule has 0 unspecified atom stereocenters. The van der Waals surface area contributed by atoms with Gasteiger partial charge >= 0.3 is 0 Å². The van der Waals surface area contributed by atoms with Crippen LogP contribution in [0.3, 0.4) is 0 Å². The summed E-state index contributed by atoms with van der Waals surface area (Å²) < 4.78 is 18.3. The molecular weight excluding hydrogens is 382 g/mol. The number of hydrogen-bond acceptors (Lipinski definition) is 6. The second-order valence-electron chi connectivity index (χ2n) is 8.90. The van der Waals surface area contributed by atoms with Crippen LogP contribution in [0, 0.1) is 11.3 Å². The number of Topliss-reactive ketones (excluding diaryl/α,β-unsaturated/α-hetero) is 1. The summed E-state index contributed by atoms with van der Waals surface area (Å²) in [6.07, 6.45) is 1.45. The third kappa shape index (κ3) is 3.31. The first-order valence-corrected chi connectivity index (χ1v) is 10.2. The molecule has 1 aliphatic carbocycles. The number of ketones is 1. The molecule has 160 valence electrons. The highest BCUT2D eigenvalue weighted by Crippen LogP contribution is 2.49. The first kappa shape index (κ1) is 20.6. The third-order valence-corrected chi connectivity index (χ3v) is 6.10. The Hall–Kier alpha value is -2.67. The normalized spacial score (nSPS) is 22.2. The number of aliphatic imine (C=N–C) groups is 1. The topological polar surface area (TPSA) is 74.9 Å². The molecule has 2 aliphatic rings. The molecule has 0 N–H and O–H groups in total. The van der Waals surface area contributed by atoms with Gasteiger partial charge in [-0.3, -0.25) is 4.79 Å². The van der Waals surface area contributed by atoms with Gasteiger partial charge in [-0.2, -0.15) is 5.10 Å². The lowest BCUT2D eigenvalue weighted by atomic mass is 9.68. The number of aromatic nitrogens is 2. The number of hydrogen-bond donors (Lipinski definition) is 0. The van der Waals surface area contributed by atoms with E-state index in [0.717, 1.165) is 34.8 Å². The van der Waals surface area contributed by atoms with Crippen LogP contribution in [0.4, 0.5) is 5.82 Å². The summed E-state index contributed by atoms with van der Waals surface area (Å²) in [7, 11) is 4.89. The fraction of sp³-hybridized carbons (Fsp3) is 0.522. The number of carbonyl (C=O) groups is 1. The van der Waals surface area contributed by atoms with Gasteiger partial charge < -0.3 is 14.2 Å². The Kier molecular flexibility index (Phi) is 5.18. The van der Waals surface area contributed by atoms with Crippen molar-refractivity contribution in [1.82, 2.24) is 9.78 Å². The van der Waals surface area contributed by atoms with E-state index in [1.54, 1.807) is 21.3 Å². The molecule has 30 heavy (non-hydrogen) atoms. The lowest BCUT2D eigenvalue weighted by Gasteiger charge is -2.41. The molecule has 1 saturated carbocycles. The van der Waals surface area contributed by atoms with E-state index in [1.165, 1.54) is 0 Å². The molecule has 2 atom stereocenters. The summed E-state index contributed by atoms with van der Waals surface area (Å²) in [5, 5.41) is 4.89. The minimum atomic E-state index is -0.209. The summed E-state index contributed by atoms with van der Waals surface area (Å²) in [5.41, 5.74) is 3.43. The van der Waals surface area contributed by atoms with Crippen LogP contribution < -0.4 is 9.47 Å². The fourth-order valence-electron chi connectivity index (χ4n) is 4.86. The predicted octanol–water partition coefficient (Wildman–Crippen LogP) is 4.37. The van der Waals surface area contributed by atoms with Gasteiger partial charge in [0, 0.05) is 19.2 Å². The highest BCUT2D eigenvalue weighted by atomic mass is 16.5. The Morgan fingerprint density at radius 1 is 1.17 bits per heavy atom. The van der Waals surface area contributed by atoms with Crippen LogP contribution in [0.25, 0.3) is 11.1 Å². The predicted molar refractivity (Wildman–Crippen MR) is 115 cm³/mol. The van der Waals surface area contributed by atoms with Gasteiger partial charge in [-0.25, -0.2) is 9.67 Å². The van der Waals surface area contributed by atoms with Crippen molar-refractivity contribution in [2.75, 3.05) is 21.3 Å². The van der Waals surface area contributed by atoms with Crippen molar-refractivity contribution in [3.8, 4) is 22.6 Å². The Morgan fingerprint density at radius 2 is 1.90 bits per heavy atom. The number of benzene rings is 1. The lowest BCUT2D eigenvalue weighted by molar-refractivity contribution is -0.127. The number of ether oxygens (including phenoxy) is 3. The smallest absolute Gasteiger partial charge is 0.161 e. The molecule has 1 aromatic heterocycles. The van der Waals surface area contributed by atoms with Gasteiger partial charge in [0.25, 0.3) is 0 Å². The summed E-state index contributed by atoms with van der Waals surface area (Å²) in [5.74, 6) is 2.12. The van der Waals surface area contributed by atoms with E-state index in [4.69, 9.17) is 24.3 Å². The molecule has 2 aromatic rings. The molecule has 0 radical (unpaired) electrons. The number of fused-ring (bicyclic) bond motifs is 3. The summed E-state index contributed by atoms with van der Waals surface area (Å²) in [6.45, 7) is 6.61. The van der Waals surface area contributed by atoms with Crippen molar-refractivity contribution in [2.45, 2.75) is 46.3 Å². The zero-order valence-electron chi connectivity index (χ0n) is 18.5. The molecule has 7 nitrogen and oxygen atoms in total. The van der Waals surface area contributed by atoms with Crippen molar-refractivity contribution in [2.24, 2.45) is 16.3 Å². The fourth-order valence-corrected chi connectivity index (χ4v) is 4.86. The second kappa shape index (κ2) is 7.54. The number of rotatable bonds is 5. The second-order valence-corrected chi connectivity index (χ2v) is 8.90. The Labute approximate surface area is 177 Å². The quantitative estimate of drug-likeness (QED) is 0.730. The molecule has 1 fully saturated rings. The van der Waals surface area contributed by atoms with E-state index in [1.807, 2.05) is 29.8 Å². The van der Waals surface area contributed by atoms with E-state index in [9.17, 15) is 4.79 Å². The molecule has 4 rings (SSSR count). The highest BCUT2D eigenvalue weighted by molar-refractivity contribution is 6.07. The SMILES string of the molecule is COCc1nn2c(c1-c1ccc(OC)c(OC)c1)N=C(C)[C@H]1C(=O)CC(C)(C)C[C@H]12. The Balaban J connectivity index is 1.91. The molecule has 0 saturated heterocycles. The zero-order chi connectivity index (χ0) is 21.6. The summed E-state index contributed by atoms with van der Waals surface area (Å²) in [6, 6.07) is 5.76. The minimum Gasteiger partial charge on any atom is -0.493 e.